The summed E-state index contributed by atoms with van der Waals surface area (Å²) in [7, 11) is 0. The first-order valence-electron chi connectivity index (χ1n) is 1.63. The molecule has 0 atom stereocenters. The van der Waals surface area contributed by atoms with Gasteiger partial charge in [0, 0.05) is 0 Å². The summed E-state index contributed by atoms with van der Waals surface area (Å²) in [6, 6.07) is 0. The SMILES string of the molecule is CCC([SeH])[SeH]. The number of hydrogen-bond donors (Lipinski definition) is 0. The van der Waals surface area contributed by atoms with Crippen molar-refractivity contribution in [1.29, 1.82) is 0 Å². The minimum atomic E-state index is 0.759. The zero-order valence-corrected chi connectivity index (χ0v) is 6.93. The van der Waals surface area contributed by atoms with Gasteiger partial charge in [0.1, 0.15) is 0 Å². The summed E-state index contributed by atoms with van der Waals surface area (Å²) >= 11 is 5.16. The van der Waals surface area contributed by atoms with Gasteiger partial charge in [-0.2, -0.15) is 0 Å². The molecular formula is C3H8Se2. The Morgan fingerprint density at radius 2 is 1.80 bits per heavy atom. The second kappa shape index (κ2) is 3.24. The van der Waals surface area contributed by atoms with Crippen molar-refractivity contribution in [3.63, 3.8) is 0 Å². The van der Waals surface area contributed by atoms with Crippen LogP contribution in [0.1, 0.15) is 13.3 Å². The molecule has 0 aromatic rings. The van der Waals surface area contributed by atoms with E-state index in [-0.39, 0.29) is 0 Å². The van der Waals surface area contributed by atoms with Gasteiger partial charge in [-0.1, -0.05) is 0 Å². The molecule has 0 bridgehead atoms. The maximum atomic E-state index is 2.58. The molecule has 0 radical (unpaired) electrons. The molecule has 0 saturated carbocycles. The van der Waals surface area contributed by atoms with Crippen LogP contribution in [0.2, 0.25) is 3.71 Å². The Morgan fingerprint density at radius 1 is 1.60 bits per heavy atom. The van der Waals surface area contributed by atoms with E-state index in [1.807, 2.05) is 0 Å². The van der Waals surface area contributed by atoms with Gasteiger partial charge in [0.05, 0.1) is 0 Å². The molecule has 0 aromatic heterocycles. The molecule has 0 amide bonds. The Labute approximate surface area is 49.3 Å². The fraction of sp³-hybridized carbons (Fsp3) is 1.00. The normalized spacial score (nSPS) is 9.60. The molecule has 0 fully saturated rings. The van der Waals surface area contributed by atoms with Crippen LogP contribution in [0, 0.1) is 0 Å². The van der Waals surface area contributed by atoms with Gasteiger partial charge in [-0.15, -0.1) is 0 Å². The first-order valence-corrected chi connectivity index (χ1v) is 3.80. The molecule has 0 aliphatic carbocycles. The molecule has 0 heterocycles. The van der Waals surface area contributed by atoms with E-state index in [0.29, 0.717) is 0 Å². The van der Waals surface area contributed by atoms with E-state index in [2.05, 4.69) is 38.9 Å². The zero-order chi connectivity index (χ0) is 4.28. The molecule has 0 aromatic carbocycles. The fourth-order valence-electron chi connectivity index (χ4n) is 0. The molecule has 0 unspecified atom stereocenters. The van der Waals surface area contributed by atoms with Crippen LogP contribution in [0.4, 0.5) is 0 Å². The van der Waals surface area contributed by atoms with Crippen molar-refractivity contribution in [2.45, 2.75) is 17.1 Å². The Morgan fingerprint density at radius 3 is 1.80 bits per heavy atom. The van der Waals surface area contributed by atoms with Crippen molar-refractivity contribution in [2.24, 2.45) is 0 Å². The van der Waals surface area contributed by atoms with Crippen LogP contribution in [-0.2, 0) is 0 Å². The monoisotopic (exact) mass is 204 g/mol. The van der Waals surface area contributed by atoms with Gasteiger partial charge in [-0.3, -0.25) is 0 Å². The summed E-state index contributed by atoms with van der Waals surface area (Å²) in [5.41, 5.74) is 0. The summed E-state index contributed by atoms with van der Waals surface area (Å²) in [5, 5.41) is 0. The van der Waals surface area contributed by atoms with Crippen LogP contribution in [0.5, 0.6) is 0 Å². The van der Waals surface area contributed by atoms with Crippen molar-refractivity contribution >= 4 is 32.0 Å². The Bertz CT molecular complexity index is 18.9. The second-order valence-corrected chi connectivity index (χ2v) is 5.42. The van der Waals surface area contributed by atoms with Gasteiger partial charge < -0.3 is 0 Å². The predicted molar refractivity (Wildman–Crippen MR) is 28.3 cm³/mol. The van der Waals surface area contributed by atoms with E-state index >= 15 is 0 Å². The molecule has 5 heavy (non-hydrogen) atoms. The average molecular weight is 202 g/mol. The predicted octanol–water partition coefficient (Wildman–Crippen LogP) is -0.0560. The molecule has 32 valence electrons. The van der Waals surface area contributed by atoms with E-state index < -0.39 is 0 Å². The molecule has 0 aliphatic rings. The molecule has 0 aliphatic heterocycles. The van der Waals surface area contributed by atoms with E-state index in [9.17, 15) is 0 Å². The molecule has 0 spiro atoms. The Hall–Kier alpha value is 1.04. The van der Waals surface area contributed by atoms with Crippen LogP contribution < -0.4 is 0 Å². The molecule has 0 rings (SSSR count). The van der Waals surface area contributed by atoms with Gasteiger partial charge in [0.25, 0.3) is 0 Å². The van der Waals surface area contributed by atoms with Crippen molar-refractivity contribution < 1.29 is 0 Å². The third-order valence-electron chi connectivity index (χ3n) is 0.365. The van der Waals surface area contributed by atoms with E-state index in [1.165, 1.54) is 6.42 Å². The van der Waals surface area contributed by atoms with Gasteiger partial charge in [-0.05, 0) is 0 Å². The van der Waals surface area contributed by atoms with E-state index in [4.69, 9.17) is 0 Å². The van der Waals surface area contributed by atoms with E-state index in [1.54, 1.807) is 0 Å². The summed E-state index contributed by atoms with van der Waals surface area (Å²) in [5.74, 6) is 0. The Kier molecular flexibility index (Phi) is 3.91. The quantitative estimate of drug-likeness (QED) is 0.522. The topological polar surface area (TPSA) is 0 Å². The fourth-order valence-corrected chi connectivity index (χ4v) is 0. The van der Waals surface area contributed by atoms with Crippen LogP contribution >= 0.6 is 0 Å². The maximum absolute atomic E-state index is 2.58. The molecule has 2 heteroatoms. The Balaban J connectivity index is 2.54. The second-order valence-electron chi connectivity index (χ2n) is 0.889. The summed E-state index contributed by atoms with van der Waals surface area (Å²) in [6.07, 6.45) is 1.25. The van der Waals surface area contributed by atoms with Crippen LogP contribution in [0.15, 0.2) is 0 Å². The first-order chi connectivity index (χ1) is 2.27. The van der Waals surface area contributed by atoms with Crippen molar-refractivity contribution in [3.05, 3.63) is 0 Å². The molecule has 0 nitrogen and oxygen atoms in total. The average Bonchev–Trinajstić information content (AvgIpc) is 1.38. The van der Waals surface area contributed by atoms with Crippen LogP contribution in [-0.4, -0.2) is 32.0 Å². The third kappa shape index (κ3) is 5.04. The number of rotatable bonds is 1. The van der Waals surface area contributed by atoms with Crippen LogP contribution in [0.3, 0.4) is 0 Å². The number of hydrogen-bond acceptors (Lipinski definition) is 0. The van der Waals surface area contributed by atoms with E-state index in [0.717, 1.165) is 3.71 Å². The minimum absolute atomic E-state index is 0.759. The van der Waals surface area contributed by atoms with Crippen LogP contribution in [0.25, 0.3) is 0 Å². The van der Waals surface area contributed by atoms with Crippen molar-refractivity contribution in [3.8, 4) is 0 Å². The van der Waals surface area contributed by atoms with Crippen molar-refractivity contribution in [2.75, 3.05) is 0 Å². The third-order valence-corrected chi connectivity index (χ3v) is 1.90. The first kappa shape index (κ1) is 6.04. The van der Waals surface area contributed by atoms with Gasteiger partial charge in [-0.25, -0.2) is 0 Å². The molecule has 0 N–H and O–H groups in total. The standard InChI is InChI=1S/C3H8Se2/c1-2-3(4)5/h3-5H,2H2,1H3. The summed E-state index contributed by atoms with van der Waals surface area (Å²) in [4.78, 5) is 0. The molecule has 0 saturated heterocycles. The molecular weight excluding hydrogens is 194 g/mol. The van der Waals surface area contributed by atoms with Crippen molar-refractivity contribution in [1.82, 2.24) is 0 Å². The van der Waals surface area contributed by atoms with Gasteiger partial charge in [0.2, 0.25) is 0 Å². The zero-order valence-electron chi connectivity index (χ0n) is 3.18. The van der Waals surface area contributed by atoms with Gasteiger partial charge in [0.15, 0.2) is 0 Å². The summed E-state index contributed by atoms with van der Waals surface area (Å²) < 4.78 is 0.759. The summed E-state index contributed by atoms with van der Waals surface area (Å²) in [6.45, 7) is 2.17. The van der Waals surface area contributed by atoms with Gasteiger partial charge >= 0.3 is 49.1 Å².